The van der Waals surface area contributed by atoms with Crippen molar-refractivity contribution in [1.29, 1.82) is 0 Å². The van der Waals surface area contributed by atoms with Crippen LogP contribution in [0.1, 0.15) is 51.4 Å². The van der Waals surface area contributed by atoms with Gasteiger partial charge >= 0.3 is 0 Å². The predicted octanol–water partition coefficient (Wildman–Crippen LogP) is 4.63. The number of unbranched alkanes of at least 4 members (excludes halogenated alkanes) is 3. The van der Waals surface area contributed by atoms with Crippen molar-refractivity contribution in [3.8, 4) is 11.4 Å². The van der Waals surface area contributed by atoms with E-state index < -0.39 is 0 Å². The highest BCUT2D eigenvalue weighted by Crippen LogP contribution is 2.20. The van der Waals surface area contributed by atoms with Crippen LogP contribution < -0.4 is 15.6 Å². The van der Waals surface area contributed by atoms with E-state index in [1.165, 1.54) is 19.3 Å². The van der Waals surface area contributed by atoms with Crippen LogP contribution in [0.25, 0.3) is 16.6 Å². The Morgan fingerprint density at radius 1 is 1.07 bits per heavy atom. The second-order valence-corrected chi connectivity index (χ2v) is 7.06. The molecule has 0 spiro atoms. The summed E-state index contributed by atoms with van der Waals surface area (Å²) in [5, 5.41) is 4.16. The molecule has 0 saturated carbocycles. The molecule has 1 heterocycles. The first-order valence-corrected chi connectivity index (χ1v) is 10.0. The first-order chi connectivity index (χ1) is 13.7. The average molecular weight is 380 g/mol. The molecule has 0 bridgehead atoms. The molecule has 5 nitrogen and oxygen atoms in total. The quantitative estimate of drug-likeness (QED) is 0.551. The van der Waals surface area contributed by atoms with E-state index in [2.05, 4.69) is 19.2 Å². The van der Waals surface area contributed by atoms with E-state index in [0.717, 1.165) is 35.7 Å². The summed E-state index contributed by atoms with van der Waals surface area (Å²) in [6.45, 7) is 5.19. The Morgan fingerprint density at radius 2 is 1.82 bits per heavy atom. The van der Waals surface area contributed by atoms with E-state index in [4.69, 9.17) is 9.72 Å². The van der Waals surface area contributed by atoms with Crippen LogP contribution in [0.5, 0.6) is 5.75 Å². The van der Waals surface area contributed by atoms with Crippen molar-refractivity contribution in [3.63, 3.8) is 0 Å². The molecule has 1 N–H and O–H groups in total. The first kappa shape index (κ1) is 20.1. The van der Waals surface area contributed by atoms with Crippen LogP contribution in [-0.4, -0.2) is 23.2 Å². The van der Waals surface area contributed by atoms with Gasteiger partial charge in [-0.15, -0.1) is 0 Å². The Kier molecular flexibility index (Phi) is 6.82. The monoisotopic (exact) mass is 379 g/mol. The molecule has 0 aliphatic rings. The average Bonchev–Trinajstić information content (AvgIpc) is 2.73. The SMILES string of the molecule is CCCCCCNC(C)c1nc2ccccc2c(=O)n1-c1ccc(OC)cc1. The van der Waals surface area contributed by atoms with E-state index in [0.29, 0.717) is 5.39 Å². The van der Waals surface area contributed by atoms with Crippen LogP contribution in [0.3, 0.4) is 0 Å². The fourth-order valence-electron chi connectivity index (χ4n) is 3.38. The van der Waals surface area contributed by atoms with Crippen LogP contribution in [0, 0.1) is 0 Å². The Labute approximate surface area is 166 Å². The summed E-state index contributed by atoms with van der Waals surface area (Å²) in [5.74, 6) is 1.48. The van der Waals surface area contributed by atoms with Crippen LogP contribution >= 0.6 is 0 Å². The van der Waals surface area contributed by atoms with Gasteiger partial charge in [-0.2, -0.15) is 0 Å². The van der Waals surface area contributed by atoms with Crippen molar-refractivity contribution in [2.75, 3.05) is 13.7 Å². The molecule has 1 unspecified atom stereocenters. The number of hydrogen-bond acceptors (Lipinski definition) is 4. The number of nitrogens with one attached hydrogen (secondary N) is 1. The lowest BCUT2D eigenvalue weighted by Crippen LogP contribution is -2.30. The standard InChI is InChI=1S/C23H29N3O2/c1-4-5-6-9-16-24-17(2)22-25-21-11-8-7-10-20(21)23(27)26(22)18-12-14-19(28-3)15-13-18/h7-8,10-15,17,24H,4-6,9,16H2,1-3H3. The van der Waals surface area contributed by atoms with Gasteiger partial charge in [0.05, 0.1) is 29.7 Å². The lowest BCUT2D eigenvalue weighted by molar-refractivity contribution is 0.414. The summed E-state index contributed by atoms with van der Waals surface area (Å²) in [6, 6.07) is 15.0. The summed E-state index contributed by atoms with van der Waals surface area (Å²) in [5.41, 5.74) is 1.47. The van der Waals surface area contributed by atoms with Gasteiger partial charge in [-0.25, -0.2) is 4.98 Å². The lowest BCUT2D eigenvalue weighted by atomic mass is 10.2. The molecule has 5 heteroatoms. The molecular formula is C23H29N3O2. The smallest absolute Gasteiger partial charge is 0.266 e. The largest absolute Gasteiger partial charge is 0.497 e. The summed E-state index contributed by atoms with van der Waals surface area (Å²) in [6.07, 6.45) is 4.81. The highest BCUT2D eigenvalue weighted by Gasteiger charge is 2.17. The lowest BCUT2D eigenvalue weighted by Gasteiger charge is -2.20. The molecule has 28 heavy (non-hydrogen) atoms. The van der Waals surface area contributed by atoms with Gasteiger partial charge in [-0.05, 0) is 56.3 Å². The zero-order valence-electron chi connectivity index (χ0n) is 16.9. The third-order valence-electron chi connectivity index (χ3n) is 5.00. The number of nitrogens with zero attached hydrogens (tertiary/aromatic N) is 2. The molecule has 1 aromatic heterocycles. The number of benzene rings is 2. The van der Waals surface area contributed by atoms with E-state index in [-0.39, 0.29) is 11.6 Å². The number of aromatic nitrogens is 2. The maximum Gasteiger partial charge on any atom is 0.266 e. The van der Waals surface area contributed by atoms with E-state index in [1.54, 1.807) is 11.7 Å². The summed E-state index contributed by atoms with van der Waals surface area (Å²) >= 11 is 0. The van der Waals surface area contributed by atoms with E-state index in [9.17, 15) is 4.79 Å². The molecule has 0 aliphatic carbocycles. The summed E-state index contributed by atoms with van der Waals surface area (Å²) in [4.78, 5) is 18.1. The zero-order valence-corrected chi connectivity index (χ0v) is 16.9. The minimum Gasteiger partial charge on any atom is -0.497 e. The van der Waals surface area contributed by atoms with Crippen molar-refractivity contribution >= 4 is 10.9 Å². The molecule has 0 radical (unpaired) electrons. The summed E-state index contributed by atoms with van der Waals surface area (Å²) in [7, 11) is 1.63. The summed E-state index contributed by atoms with van der Waals surface area (Å²) < 4.78 is 6.97. The highest BCUT2D eigenvalue weighted by atomic mass is 16.5. The Morgan fingerprint density at radius 3 is 2.54 bits per heavy atom. The molecule has 0 amide bonds. The zero-order chi connectivity index (χ0) is 19.9. The van der Waals surface area contributed by atoms with Gasteiger partial charge in [0.2, 0.25) is 0 Å². The topological polar surface area (TPSA) is 56.2 Å². The molecule has 0 fully saturated rings. The number of fused-ring (bicyclic) bond motifs is 1. The Balaban J connectivity index is 2.00. The fourth-order valence-corrected chi connectivity index (χ4v) is 3.38. The first-order valence-electron chi connectivity index (χ1n) is 10.0. The van der Waals surface area contributed by atoms with Crippen LogP contribution in [-0.2, 0) is 0 Å². The predicted molar refractivity (Wildman–Crippen MR) is 114 cm³/mol. The van der Waals surface area contributed by atoms with Gasteiger partial charge < -0.3 is 10.1 Å². The molecule has 148 valence electrons. The number of ether oxygens (including phenoxy) is 1. The highest BCUT2D eigenvalue weighted by molar-refractivity contribution is 5.77. The Bertz CT molecular complexity index is 964. The fraction of sp³-hybridized carbons (Fsp3) is 0.391. The third-order valence-corrected chi connectivity index (χ3v) is 5.00. The molecule has 3 aromatic rings. The molecule has 0 saturated heterocycles. The second-order valence-electron chi connectivity index (χ2n) is 7.06. The van der Waals surface area contributed by atoms with E-state index >= 15 is 0 Å². The second kappa shape index (κ2) is 9.51. The van der Waals surface area contributed by atoms with Crippen LogP contribution in [0.4, 0.5) is 0 Å². The number of hydrogen-bond donors (Lipinski definition) is 1. The van der Waals surface area contributed by atoms with Crippen molar-refractivity contribution in [3.05, 3.63) is 64.7 Å². The molecule has 0 aliphatic heterocycles. The van der Waals surface area contributed by atoms with Crippen LogP contribution in [0.2, 0.25) is 0 Å². The minimum atomic E-state index is -0.0506. The van der Waals surface area contributed by atoms with Gasteiger partial charge in [0.1, 0.15) is 11.6 Å². The van der Waals surface area contributed by atoms with Crippen molar-refractivity contribution in [1.82, 2.24) is 14.9 Å². The van der Waals surface area contributed by atoms with Crippen LogP contribution in [0.15, 0.2) is 53.3 Å². The third kappa shape index (κ3) is 4.42. The van der Waals surface area contributed by atoms with Gasteiger partial charge in [-0.3, -0.25) is 9.36 Å². The maximum absolute atomic E-state index is 13.3. The maximum atomic E-state index is 13.3. The minimum absolute atomic E-state index is 0.0407. The van der Waals surface area contributed by atoms with Crippen molar-refractivity contribution in [2.45, 2.75) is 45.6 Å². The van der Waals surface area contributed by atoms with Gasteiger partial charge in [-0.1, -0.05) is 38.3 Å². The van der Waals surface area contributed by atoms with Gasteiger partial charge in [0.25, 0.3) is 5.56 Å². The van der Waals surface area contributed by atoms with Gasteiger partial charge in [0.15, 0.2) is 0 Å². The molecule has 3 rings (SSSR count). The van der Waals surface area contributed by atoms with Crippen molar-refractivity contribution < 1.29 is 4.74 Å². The molecule has 2 aromatic carbocycles. The molecule has 1 atom stereocenters. The van der Waals surface area contributed by atoms with E-state index in [1.807, 2.05) is 48.5 Å². The Hall–Kier alpha value is -2.66. The normalized spacial score (nSPS) is 12.2. The molecular weight excluding hydrogens is 350 g/mol. The van der Waals surface area contributed by atoms with Gasteiger partial charge in [0, 0.05) is 0 Å². The van der Waals surface area contributed by atoms with Crippen molar-refractivity contribution in [2.24, 2.45) is 0 Å². The number of rotatable bonds is 9. The number of methoxy groups -OCH3 is 1. The number of para-hydroxylation sites is 1.